The molecule has 0 radical (unpaired) electrons. The fourth-order valence-corrected chi connectivity index (χ4v) is 2.51. The molecule has 2 fully saturated rings. The normalized spacial score (nSPS) is 26.4. The molecule has 3 rings (SSSR count). The topological polar surface area (TPSA) is 49.4 Å². The number of carbonyl (C=O) groups excluding carboxylic acids is 2. The Kier molecular flexibility index (Phi) is 3.34. The molecule has 4 nitrogen and oxygen atoms in total. The van der Waals surface area contributed by atoms with Gasteiger partial charge in [0.1, 0.15) is 0 Å². The van der Waals surface area contributed by atoms with Crippen molar-refractivity contribution in [3.05, 3.63) is 29.8 Å². The number of anilines is 1. The Labute approximate surface area is 119 Å². The highest BCUT2D eigenvalue weighted by atomic mass is 16.2. The van der Waals surface area contributed by atoms with Gasteiger partial charge in [0.15, 0.2) is 0 Å². The van der Waals surface area contributed by atoms with E-state index < -0.39 is 0 Å². The van der Waals surface area contributed by atoms with Gasteiger partial charge in [-0.3, -0.25) is 14.5 Å². The first-order chi connectivity index (χ1) is 9.58. The average Bonchev–Trinajstić information content (AvgIpc) is 3.26. The monoisotopic (exact) mass is 272 g/mol. The van der Waals surface area contributed by atoms with Gasteiger partial charge in [-0.15, -0.1) is 0 Å². The van der Waals surface area contributed by atoms with Crippen molar-refractivity contribution < 1.29 is 9.59 Å². The van der Waals surface area contributed by atoms with Gasteiger partial charge in [-0.2, -0.15) is 0 Å². The zero-order valence-corrected chi connectivity index (χ0v) is 11.9. The maximum atomic E-state index is 12.1. The van der Waals surface area contributed by atoms with E-state index in [0.717, 1.165) is 6.54 Å². The van der Waals surface area contributed by atoms with Gasteiger partial charge in [0.25, 0.3) is 0 Å². The first-order valence-corrected chi connectivity index (χ1v) is 7.28. The van der Waals surface area contributed by atoms with Crippen molar-refractivity contribution in [3.63, 3.8) is 0 Å². The van der Waals surface area contributed by atoms with Crippen LogP contribution in [0.15, 0.2) is 24.3 Å². The van der Waals surface area contributed by atoms with Crippen LogP contribution in [0.3, 0.4) is 0 Å². The first-order valence-electron chi connectivity index (χ1n) is 7.28. The minimum Gasteiger partial charge on any atom is -0.310 e. The van der Waals surface area contributed by atoms with Crippen LogP contribution in [0.1, 0.15) is 32.3 Å². The Morgan fingerprint density at radius 2 is 1.60 bits per heavy atom. The molecule has 2 atom stereocenters. The molecule has 1 aliphatic carbocycles. The standard InChI is InChI=1S/C16H20N2O2/c1-10-11(2)16(20)18(15(10)19)14-7-3-12(4-8-14)9-17-13-5-6-13/h3-4,7-8,10-11,13,17H,5-6,9H2,1-2H3. The fraction of sp³-hybridized carbons (Fsp3) is 0.500. The molecule has 0 aromatic heterocycles. The summed E-state index contributed by atoms with van der Waals surface area (Å²) < 4.78 is 0. The van der Waals surface area contributed by atoms with Gasteiger partial charge in [-0.05, 0) is 30.5 Å². The minimum absolute atomic E-state index is 0.0913. The van der Waals surface area contributed by atoms with Gasteiger partial charge in [0.05, 0.1) is 5.69 Å². The summed E-state index contributed by atoms with van der Waals surface area (Å²) in [5.74, 6) is -0.630. The van der Waals surface area contributed by atoms with Crippen LogP contribution in [0.4, 0.5) is 5.69 Å². The van der Waals surface area contributed by atoms with E-state index in [-0.39, 0.29) is 23.7 Å². The summed E-state index contributed by atoms with van der Waals surface area (Å²) in [7, 11) is 0. The summed E-state index contributed by atoms with van der Waals surface area (Å²) in [4.78, 5) is 25.6. The predicted molar refractivity (Wildman–Crippen MR) is 77.1 cm³/mol. The lowest BCUT2D eigenvalue weighted by Gasteiger charge is -2.15. The Balaban J connectivity index is 1.73. The second-order valence-electron chi connectivity index (χ2n) is 5.91. The third kappa shape index (κ3) is 2.36. The van der Waals surface area contributed by atoms with Crippen LogP contribution in [0.5, 0.6) is 0 Å². The van der Waals surface area contributed by atoms with E-state index in [2.05, 4.69) is 5.32 Å². The maximum absolute atomic E-state index is 12.1. The van der Waals surface area contributed by atoms with Crippen LogP contribution < -0.4 is 10.2 Å². The largest absolute Gasteiger partial charge is 0.310 e. The van der Waals surface area contributed by atoms with Crippen molar-refractivity contribution in [1.29, 1.82) is 0 Å². The zero-order valence-electron chi connectivity index (χ0n) is 11.9. The Morgan fingerprint density at radius 1 is 1.05 bits per heavy atom. The Hall–Kier alpha value is -1.68. The average molecular weight is 272 g/mol. The van der Waals surface area contributed by atoms with Gasteiger partial charge in [0, 0.05) is 24.4 Å². The second-order valence-corrected chi connectivity index (χ2v) is 5.91. The number of hydrogen-bond acceptors (Lipinski definition) is 3. The maximum Gasteiger partial charge on any atom is 0.237 e. The third-order valence-corrected chi connectivity index (χ3v) is 4.34. The molecule has 0 bridgehead atoms. The van der Waals surface area contributed by atoms with Crippen molar-refractivity contribution in [2.75, 3.05) is 4.90 Å². The van der Waals surface area contributed by atoms with Crippen molar-refractivity contribution in [3.8, 4) is 0 Å². The second kappa shape index (κ2) is 5.02. The van der Waals surface area contributed by atoms with Gasteiger partial charge in [-0.25, -0.2) is 0 Å². The van der Waals surface area contributed by atoms with E-state index in [1.807, 2.05) is 38.1 Å². The highest BCUT2D eigenvalue weighted by molar-refractivity contribution is 6.21. The van der Waals surface area contributed by atoms with Gasteiger partial charge in [-0.1, -0.05) is 26.0 Å². The van der Waals surface area contributed by atoms with Crippen molar-refractivity contribution in [2.24, 2.45) is 11.8 Å². The lowest BCUT2D eigenvalue weighted by atomic mass is 10.00. The molecular weight excluding hydrogens is 252 g/mol. The van der Waals surface area contributed by atoms with Crippen molar-refractivity contribution in [2.45, 2.75) is 39.3 Å². The molecule has 4 heteroatoms. The van der Waals surface area contributed by atoms with E-state index in [1.165, 1.54) is 23.3 Å². The smallest absolute Gasteiger partial charge is 0.237 e. The molecule has 106 valence electrons. The van der Waals surface area contributed by atoms with Crippen LogP contribution in [0.2, 0.25) is 0 Å². The highest BCUT2D eigenvalue weighted by Gasteiger charge is 2.42. The Morgan fingerprint density at radius 3 is 2.10 bits per heavy atom. The molecule has 1 saturated heterocycles. The van der Waals surface area contributed by atoms with E-state index in [4.69, 9.17) is 0 Å². The number of amides is 2. The summed E-state index contributed by atoms with van der Waals surface area (Å²) in [5.41, 5.74) is 1.87. The molecule has 2 aliphatic rings. The lowest BCUT2D eigenvalue weighted by molar-refractivity contribution is -0.122. The molecular formula is C16H20N2O2. The van der Waals surface area contributed by atoms with E-state index in [9.17, 15) is 9.59 Å². The number of nitrogens with zero attached hydrogens (tertiary/aromatic N) is 1. The van der Waals surface area contributed by atoms with Gasteiger partial charge < -0.3 is 5.32 Å². The third-order valence-electron chi connectivity index (χ3n) is 4.34. The molecule has 1 heterocycles. The summed E-state index contributed by atoms with van der Waals surface area (Å²) >= 11 is 0. The molecule has 1 N–H and O–H groups in total. The van der Waals surface area contributed by atoms with Crippen LogP contribution in [0.25, 0.3) is 0 Å². The first kappa shape index (κ1) is 13.3. The van der Waals surface area contributed by atoms with Crippen LogP contribution in [-0.2, 0) is 16.1 Å². The van der Waals surface area contributed by atoms with E-state index >= 15 is 0 Å². The number of benzene rings is 1. The molecule has 1 aromatic carbocycles. The summed E-state index contributed by atoms with van der Waals surface area (Å²) in [6.45, 7) is 4.48. The number of nitrogens with one attached hydrogen (secondary N) is 1. The molecule has 1 aliphatic heterocycles. The molecule has 20 heavy (non-hydrogen) atoms. The quantitative estimate of drug-likeness (QED) is 0.854. The predicted octanol–water partition coefficient (Wildman–Crippen LogP) is 2.08. The number of imide groups is 1. The van der Waals surface area contributed by atoms with Gasteiger partial charge >= 0.3 is 0 Å². The summed E-state index contributed by atoms with van der Waals surface area (Å²) in [5, 5.41) is 3.45. The lowest BCUT2D eigenvalue weighted by Crippen LogP contribution is -2.30. The number of carbonyl (C=O) groups is 2. The minimum atomic E-state index is -0.223. The van der Waals surface area contributed by atoms with Crippen LogP contribution >= 0.6 is 0 Å². The van der Waals surface area contributed by atoms with E-state index in [1.54, 1.807) is 0 Å². The molecule has 1 saturated carbocycles. The summed E-state index contributed by atoms with van der Waals surface area (Å²) in [6, 6.07) is 8.38. The van der Waals surface area contributed by atoms with Crippen LogP contribution in [-0.4, -0.2) is 17.9 Å². The molecule has 1 aromatic rings. The van der Waals surface area contributed by atoms with Crippen LogP contribution in [0, 0.1) is 11.8 Å². The fourth-order valence-electron chi connectivity index (χ4n) is 2.51. The van der Waals surface area contributed by atoms with E-state index in [0.29, 0.717) is 11.7 Å². The molecule has 0 spiro atoms. The number of rotatable bonds is 4. The molecule has 2 unspecified atom stereocenters. The Bertz CT molecular complexity index is 514. The van der Waals surface area contributed by atoms with Crippen molar-refractivity contribution in [1.82, 2.24) is 5.32 Å². The number of hydrogen-bond donors (Lipinski definition) is 1. The van der Waals surface area contributed by atoms with Gasteiger partial charge in [0.2, 0.25) is 11.8 Å². The SMILES string of the molecule is CC1C(=O)N(c2ccc(CNC3CC3)cc2)C(=O)C1C. The van der Waals surface area contributed by atoms with Crippen molar-refractivity contribution >= 4 is 17.5 Å². The summed E-state index contributed by atoms with van der Waals surface area (Å²) in [6.07, 6.45) is 2.54. The molecule has 2 amide bonds. The highest BCUT2D eigenvalue weighted by Crippen LogP contribution is 2.30. The zero-order chi connectivity index (χ0) is 14.3.